The zero-order chi connectivity index (χ0) is 14.3. The van der Waals surface area contributed by atoms with Gasteiger partial charge in [0.2, 0.25) is 0 Å². The largest absolute Gasteiger partial charge is 0.457 e. The van der Waals surface area contributed by atoms with E-state index >= 15 is 0 Å². The van der Waals surface area contributed by atoms with Crippen molar-refractivity contribution in [1.82, 2.24) is 0 Å². The van der Waals surface area contributed by atoms with Crippen molar-refractivity contribution in [2.24, 2.45) is 4.99 Å². The summed E-state index contributed by atoms with van der Waals surface area (Å²) >= 11 is 0. The Balaban J connectivity index is 1.65. The molecule has 0 spiro atoms. The Morgan fingerprint density at radius 3 is 2.38 bits per heavy atom. The van der Waals surface area contributed by atoms with E-state index in [0.717, 1.165) is 18.0 Å². The molecule has 0 bridgehead atoms. The lowest BCUT2D eigenvalue weighted by atomic mass is 9.98. The summed E-state index contributed by atoms with van der Waals surface area (Å²) in [6.45, 7) is 0.765. The van der Waals surface area contributed by atoms with Crippen molar-refractivity contribution >= 4 is 5.71 Å². The fourth-order valence-electron chi connectivity index (χ4n) is 2.65. The lowest BCUT2D eigenvalue weighted by Crippen LogP contribution is -2.04. The Morgan fingerprint density at radius 2 is 1.57 bits per heavy atom. The third kappa shape index (κ3) is 4.19. The van der Waals surface area contributed by atoms with Gasteiger partial charge >= 0.3 is 0 Å². The molecule has 0 amide bonds. The van der Waals surface area contributed by atoms with E-state index in [9.17, 15) is 0 Å². The molecule has 3 rings (SSSR count). The van der Waals surface area contributed by atoms with Crippen LogP contribution in [0.25, 0.3) is 0 Å². The molecule has 21 heavy (non-hydrogen) atoms. The summed E-state index contributed by atoms with van der Waals surface area (Å²) in [5, 5.41) is 0. The number of hydrogen-bond donors (Lipinski definition) is 0. The zero-order valence-corrected chi connectivity index (χ0v) is 12.3. The smallest absolute Gasteiger partial charge is 0.127 e. The van der Waals surface area contributed by atoms with Gasteiger partial charge in [-0.1, -0.05) is 36.8 Å². The fourth-order valence-corrected chi connectivity index (χ4v) is 2.65. The molecular weight excluding hydrogens is 258 g/mol. The molecule has 2 aromatic rings. The second kappa shape index (κ2) is 7.07. The average molecular weight is 279 g/mol. The van der Waals surface area contributed by atoms with Crippen molar-refractivity contribution in [1.29, 1.82) is 0 Å². The van der Waals surface area contributed by atoms with E-state index in [0.29, 0.717) is 0 Å². The van der Waals surface area contributed by atoms with Gasteiger partial charge in [0.15, 0.2) is 0 Å². The van der Waals surface area contributed by atoms with Crippen LogP contribution in [0.4, 0.5) is 0 Å². The maximum atomic E-state index is 5.86. The van der Waals surface area contributed by atoms with E-state index in [2.05, 4.69) is 12.1 Å². The lowest BCUT2D eigenvalue weighted by Gasteiger charge is -2.12. The molecule has 0 atom stereocenters. The zero-order valence-electron chi connectivity index (χ0n) is 12.3. The van der Waals surface area contributed by atoms with Gasteiger partial charge in [-0.3, -0.25) is 4.99 Å². The van der Waals surface area contributed by atoms with Crippen LogP contribution < -0.4 is 4.74 Å². The standard InChI is InChI=1S/C19H21NO/c1-3-9-17(10-4-1)20-15-16-8-7-13-19(14-16)21-18-11-5-2-6-12-18/h2,5-8,11-14H,1,3-4,9-10,15H2. The van der Waals surface area contributed by atoms with Crippen LogP contribution in [0.3, 0.4) is 0 Å². The van der Waals surface area contributed by atoms with Crippen LogP contribution in [0.5, 0.6) is 11.5 Å². The highest BCUT2D eigenvalue weighted by molar-refractivity contribution is 5.85. The molecule has 1 fully saturated rings. The molecule has 0 radical (unpaired) electrons. The molecule has 2 heteroatoms. The maximum absolute atomic E-state index is 5.86. The Morgan fingerprint density at radius 1 is 0.810 bits per heavy atom. The van der Waals surface area contributed by atoms with Crippen LogP contribution >= 0.6 is 0 Å². The van der Waals surface area contributed by atoms with Gasteiger partial charge in [0.05, 0.1) is 6.54 Å². The first-order valence-electron chi connectivity index (χ1n) is 7.74. The van der Waals surface area contributed by atoms with Gasteiger partial charge in [0, 0.05) is 5.71 Å². The summed E-state index contributed by atoms with van der Waals surface area (Å²) in [4.78, 5) is 4.76. The quantitative estimate of drug-likeness (QED) is 0.736. The molecule has 0 saturated heterocycles. The molecule has 0 aliphatic heterocycles. The number of ether oxygens (including phenoxy) is 1. The highest BCUT2D eigenvalue weighted by Gasteiger charge is 2.06. The van der Waals surface area contributed by atoms with Crippen LogP contribution in [-0.4, -0.2) is 5.71 Å². The SMILES string of the molecule is c1ccc(Oc2cccc(CN=C3CCCCC3)c2)cc1. The third-order valence-corrected chi connectivity index (χ3v) is 3.79. The maximum Gasteiger partial charge on any atom is 0.127 e. The molecule has 1 aliphatic rings. The average Bonchev–Trinajstić information content (AvgIpc) is 2.55. The number of para-hydroxylation sites is 1. The van der Waals surface area contributed by atoms with Crippen molar-refractivity contribution in [3.8, 4) is 11.5 Å². The molecule has 0 aromatic heterocycles. The monoisotopic (exact) mass is 279 g/mol. The van der Waals surface area contributed by atoms with E-state index in [4.69, 9.17) is 9.73 Å². The molecule has 2 nitrogen and oxygen atoms in total. The Bertz CT molecular complexity index is 596. The van der Waals surface area contributed by atoms with Gasteiger partial charge in [0.25, 0.3) is 0 Å². The van der Waals surface area contributed by atoms with Gasteiger partial charge in [0.1, 0.15) is 11.5 Å². The van der Waals surface area contributed by atoms with Gasteiger partial charge in [-0.2, -0.15) is 0 Å². The second-order valence-corrected chi connectivity index (χ2v) is 5.51. The van der Waals surface area contributed by atoms with Crippen molar-refractivity contribution in [3.05, 3.63) is 60.2 Å². The molecule has 2 aromatic carbocycles. The first-order chi connectivity index (χ1) is 10.4. The van der Waals surface area contributed by atoms with Crippen LogP contribution in [-0.2, 0) is 6.54 Å². The molecule has 108 valence electrons. The summed E-state index contributed by atoms with van der Waals surface area (Å²) in [5.74, 6) is 1.75. The summed E-state index contributed by atoms with van der Waals surface area (Å²) in [6, 6.07) is 18.1. The highest BCUT2D eigenvalue weighted by atomic mass is 16.5. The van der Waals surface area contributed by atoms with Crippen LogP contribution in [0.2, 0.25) is 0 Å². The van der Waals surface area contributed by atoms with Crippen LogP contribution in [0.15, 0.2) is 59.6 Å². The summed E-state index contributed by atoms with van der Waals surface area (Å²) in [6.07, 6.45) is 6.33. The summed E-state index contributed by atoms with van der Waals surface area (Å²) < 4.78 is 5.86. The molecular formula is C19H21NO. The number of rotatable bonds is 4. The number of hydrogen-bond acceptors (Lipinski definition) is 2. The van der Waals surface area contributed by atoms with Crippen molar-refractivity contribution in [3.63, 3.8) is 0 Å². The topological polar surface area (TPSA) is 21.6 Å². The van der Waals surface area contributed by atoms with Crippen molar-refractivity contribution in [2.45, 2.75) is 38.6 Å². The van der Waals surface area contributed by atoms with E-state index in [1.54, 1.807) is 0 Å². The molecule has 0 heterocycles. The minimum Gasteiger partial charge on any atom is -0.457 e. The minimum absolute atomic E-state index is 0.765. The fraction of sp³-hybridized carbons (Fsp3) is 0.316. The number of benzene rings is 2. The Labute approximate surface area is 126 Å². The highest BCUT2D eigenvalue weighted by Crippen LogP contribution is 2.22. The molecule has 1 saturated carbocycles. The predicted molar refractivity (Wildman–Crippen MR) is 87.2 cm³/mol. The Hall–Kier alpha value is -2.09. The van der Waals surface area contributed by atoms with E-state index in [1.165, 1.54) is 43.4 Å². The van der Waals surface area contributed by atoms with Gasteiger partial charge in [-0.15, -0.1) is 0 Å². The van der Waals surface area contributed by atoms with Gasteiger partial charge in [-0.25, -0.2) is 0 Å². The summed E-state index contributed by atoms with van der Waals surface area (Å²) in [5.41, 5.74) is 2.59. The predicted octanol–water partition coefficient (Wildman–Crippen LogP) is 5.38. The molecule has 1 aliphatic carbocycles. The van der Waals surface area contributed by atoms with Gasteiger partial charge < -0.3 is 4.74 Å². The number of aliphatic imine (C=N–C) groups is 1. The van der Waals surface area contributed by atoms with E-state index in [-0.39, 0.29) is 0 Å². The van der Waals surface area contributed by atoms with E-state index in [1.807, 2.05) is 42.5 Å². The van der Waals surface area contributed by atoms with Crippen molar-refractivity contribution < 1.29 is 4.74 Å². The number of nitrogens with zero attached hydrogens (tertiary/aromatic N) is 1. The molecule has 0 unspecified atom stereocenters. The van der Waals surface area contributed by atoms with Crippen molar-refractivity contribution in [2.75, 3.05) is 0 Å². The molecule has 0 N–H and O–H groups in total. The van der Waals surface area contributed by atoms with E-state index < -0.39 is 0 Å². The Kier molecular flexibility index (Phi) is 4.67. The first-order valence-corrected chi connectivity index (χ1v) is 7.74. The van der Waals surface area contributed by atoms with Gasteiger partial charge in [-0.05, 0) is 55.5 Å². The first kappa shape index (κ1) is 13.9. The summed E-state index contributed by atoms with van der Waals surface area (Å²) in [7, 11) is 0. The van der Waals surface area contributed by atoms with Crippen LogP contribution in [0.1, 0.15) is 37.7 Å². The normalized spacial score (nSPS) is 14.8. The lowest BCUT2D eigenvalue weighted by molar-refractivity contribution is 0.482. The third-order valence-electron chi connectivity index (χ3n) is 3.79. The second-order valence-electron chi connectivity index (χ2n) is 5.51. The minimum atomic E-state index is 0.765. The van der Waals surface area contributed by atoms with Crippen LogP contribution in [0, 0.1) is 0 Å².